The molecule has 0 bridgehead atoms. The zero-order valence-electron chi connectivity index (χ0n) is 12.5. The molecule has 1 atom stereocenters. The molecule has 0 unspecified atom stereocenters. The summed E-state index contributed by atoms with van der Waals surface area (Å²) in [7, 11) is 0. The monoisotopic (exact) mass is 304 g/mol. The van der Waals surface area contributed by atoms with Gasteiger partial charge in [0.25, 0.3) is 5.91 Å². The molecule has 1 amide bonds. The first-order chi connectivity index (χ1) is 11.3. The van der Waals surface area contributed by atoms with Gasteiger partial charge in [-0.25, -0.2) is 0 Å². The molecule has 0 aliphatic carbocycles. The van der Waals surface area contributed by atoms with Gasteiger partial charge in [0.15, 0.2) is 0 Å². The van der Waals surface area contributed by atoms with E-state index in [1.807, 2.05) is 54.6 Å². The molecule has 23 heavy (non-hydrogen) atoms. The van der Waals surface area contributed by atoms with E-state index in [0.717, 1.165) is 22.2 Å². The summed E-state index contributed by atoms with van der Waals surface area (Å²) in [6, 6.07) is 17.0. The first-order valence-corrected chi connectivity index (χ1v) is 7.65. The largest absolute Gasteiger partial charge is 0.394 e. The second kappa shape index (κ2) is 5.48. The summed E-state index contributed by atoms with van der Waals surface area (Å²) in [5.41, 5.74) is 3.22. The number of benzene rings is 2. The van der Waals surface area contributed by atoms with Gasteiger partial charge in [0.2, 0.25) is 0 Å². The number of para-hydroxylation sites is 1. The molecule has 1 aromatic heterocycles. The Labute approximate surface area is 134 Å². The maximum absolute atomic E-state index is 13.0. The van der Waals surface area contributed by atoms with Crippen molar-refractivity contribution in [3.63, 3.8) is 0 Å². The molecular formula is C19H16N2O2. The van der Waals surface area contributed by atoms with Crippen molar-refractivity contribution >= 4 is 22.5 Å². The van der Waals surface area contributed by atoms with E-state index in [1.165, 1.54) is 0 Å². The van der Waals surface area contributed by atoms with Crippen molar-refractivity contribution in [3.05, 3.63) is 71.9 Å². The van der Waals surface area contributed by atoms with E-state index in [-0.39, 0.29) is 18.6 Å². The first kappa shape index (κ1) is 13.9. The smallest absolute Gasteiger partial charge is 0.258 e. The van der Waals surface area contributed by atoms with Crippen molar-refractivity contribution < 1.29 is 9.90 Å². The fraction of sp³-hybridized carbons (Fsp3) is 0.158. The van der Waals surface area contributed by atoms with E-state index in [0.29, 0.717) is 12.0 Å². The van der Waals surface area contributed by atoms with Gasteiger partial charge in [-0.05, 0) is 30.2 Å². The number of aliphatic hydroxyl groups is 1. The molecule has 4 heteroatoms. The lowest BCUT2D eigenvalue weighted by atomic mass is 9.93. The molecule has 4 rings (SSSR count). The number of amides is 1. The van der Waals surface area contributed by atoms with Crippen LogP contribution in [0.5, 0.6) is 0 Å². The highest BCUT2D eigenvalue weighted by molar-refractivity contribution is 6.12. The van der Waals surface area contributed by atoms with Gasteiger partial charge in [0.05, 0.1) is 23.9 Å². The van der Waals surface area contributed by atoms with Crippen LogP contribution in [-0.2, 0) is 6.42 Å². The van der Waals surface area contributed by atoms with Crippen LogP contribution in [0.1, 0.15) is 15.9 Å². The van der Waals surface area contributed by atoms with E-state index >= 15 is 0 Å². The minimum Gasteiger partial charge on any atom is -0.394 e. The molecule has 0 saturated heterocycles. The number of carbonyl (C=O) groups is 1. The number of carbonyl (C=O) groups excluding carboxylic acids is 1. The van der Waals surface area contributed by atoms with E-state index in [1.54, 1.807) is 11.1 Å². The van der Waals surface area contributed by atoms with Crippen LogP contribution in [0.25, 0.3) is 10.9 Å². The van der Waals surface area contributed by atoms with Crippen LogP contribution in [0.3, 0.4) is 0 Å². The van der Waals surface area contributed by atoms with E-state index in [9.17, 15) is 9.90 Å². The van der Waals surface area contributed by atoms with Crippen LogP contribution in [0.15, 0.2) is 60.8 Å². The predicted molar refractivity (Wildman–Crippen MR) is 89.6 cm³/mol. The third-order valence-electron chi connectivity index (χ3n) is 4.37. The minimum absolute atomic E-state index is 0.0796. The number of aromatic nitrogens is 1. The number of anilines is 1. The van der Waals surface area contributed by atoms with Crippen molar-refractivity contribution in [2.45, 2.75) is 12.5 Å². The summed E-state index contributed by atoms with van der Waals surface area (Å²) in [4.78, 5) is 19.1. The molecule has 0 radical (unpaired) electrons. The molecule has 3 aromatic rings. The zero-order valence-corrected chi connectivity index (χ0v) is 12.5. The molecule has 2 aromatic carbocycles. The van der Waals surface area contributed by atoms with Gasteiger partial charge in [-0.3, -0.25) is 9.78 Å². The molecular weight excluding hydrogens is 288 g/mol. The molecule has 1 aliphatic heterocycles. The summed E-state index contributed by atoms with van der Waals surface area (Å²) in [5, 5.41) is 10.8. The Morgan fingerprint density at radius 2 is 1.91 bits per heavy atom. The van der Waals surface area contributed by atoms with Crippen molar-refractivity contribution in [2.24, 2.45) is 0 Å². The number of rotatable bonds is 2. The van der Waals surface area contributed by atoms with Crippen LogP contribution >= 0.6 is 0 Å². The Balaban J connectivity index is 1.91. The van der Waals surface area contributed by atoms with Crippen LogP contribution in [0.4, 0.5) is 5.69 Å². The quantitative estimate of drug-likeness (QED) is 0.792. The third-order valence-corrected chi connectivity index (χ3v) is 4.37. The summed E-state index contributed by atoms with van der Waals surface area (Å²) in [6.07, 6.45) is 2.36. The summed E-state index contributed by atoms with van der Waals surface area (Å²) >= 11 is 0. The molecule has 0 fully saturated rings. The molecule has 114 valence electrons. The Kier molecular flexibility index (Phi) is 3.32. The lowest BCUT2D eigenvalue weighted by Gasteiger charge is -2.36. The average molecular weight is 304 g/mol. The summed E-state index contributed by atoms with van der Waals surface area (Å²) in [6.45, 7) is -0.0801. The van der Waals surface area contributed by atoms with Crippen LogP contribution in [0, 0.1) is 0 Å². The predicted octanol–water partition coefficient (Wildman–Crippen LogP) is 2.80. The first-order valence-electron chi connectivity index (χ1n) is 7.65. The van der Waals surface area contributed by atoms with Crippen LogP contribution in [0.2, 0.25) is 0 Å². The van der Waals surface area contributed by atoms with Crippen molar-refractivity contribution in [2.75, 3.05) is 11.5 Å². The maximum Gasteiger partial charge on any atom is 0.258 e. The average Bonchev–Trinajstić information content (AvgIpc) is 2.61. The molecule has 0 spiro atoms. The fourth-order valence-corrected chi connectivity index (χ4v) is 3.28. The Morgan fingerprint density at radius 1 is 1.09 bits per heavy atom. The van der Waals surface area contributed by atoms with E-state index < -0.39 is 0 Å². The summed E-state index contributed by atoms with van der Waals surface area (Å²) < 4.78 is 0. The van der Waals surface area contributed by atoms with Gasteiger partial charge in [0, 0.05) is 17.1 Å². The molecule has 1 N–H and O–H groups in total. The topological polar surface area (TPSA) is 53.4 Å². The van der Waals surface area contributed by atoms with Crippen LogP contribution in [-0.4, -0.2) is 28.6 Å². The number of fused-ring (bicyclic) bond motifs is 2. The fourth-order valence-electron chi connectivity index (χ4n) is 3.28. The molecule has 2 heterocycles. The molecule has 4 nitrogen and oxygen atoms in total. The summed E-state index contributed by atoms with van der Waals surface area (Å²) in [5.74, 6) is -0.0796. The maximum atomic E-state index is 13.0. The number of aliphatic hydroxyl groups excluding tert-OH is 1. The Morgan fingerprint density at radius 3 is 2.78 bits per heavy atom. The van der Waals surface area contributed by atoms with Gasteiger partial charge in [-0.2, -0.15) is 0 Å². The third kappa shape index (κ3) is 2.19. The second-order valence-electron chi connectivity index (χ2n) is 5.73. The van der Waals surface area contributed by atoms with Crippen molar-refractivity contribution in [3.8, 4) is 0 Å². The molecule has 1 aliphatic rings. The van der Waals surface area contributed by atoms with Crippen molar-refractivity contribution in [1.29, 1.82) is 0 Å². The normalized spacial score (nSPS) is 17.3. The van der Waals surface area contributed by atoms with Gasteiger partial charge in [-0.1, -0.05) is 36.4 Å². The second-order valence-corrected chi connectivity index (χ2v) is 5.73. The van der Waals surface area contributed by atoms with Gasteiger partial charge in [0.1, 0.15) is 0 Å². The van der Waals surface area contributed by atoms with Crippen LogP contribution < -0.4 is 4.90 Å². The van der Waals surface area contributed by atoms with Gasteiger partial charge >= 0.3 is 0 Å². The number of nitrogens with zero attached hydrogens (tertiary/aromatic N) is 2. The SMILES string of the molecule is O=C1c2ccccc2C[C@H](CO)N1c1cccc2cccnc12. The highest BCUT2D eigenvalue weighted by Gasteiger charge is 2.33. The number of hydrogen-bond donors (Lipinski definition) is 1. The minimum atomic E-state index is -0.273. The highest BCUT2D eigenvalue weighted by Crippen LogP contribution is 2.32. The standard InChI is InChI=1S/C19H16N2O2/c22-12-15-11-14-5-1-2-8-16(14)19(23)21(15)17-9-3-6-13-7-4-10-20-18(13)17/h1-10,15,22H,11-12H2/t15-/m1/s1. The van der Waals surface area contributed by atoms with E-state index in [2.05, 4.69) is 4.98 Å². The molecule has 0 saturated carbocycles. The number of hydrogen-bond acceptors (Lipinski definition) is 3. The van der Waals surface area contributed by atoms with Gasteiger partial charge < -0.3 is 10.0 Å². The lowest BCUT2D eigenvalue weighted by Crippen LogP contribution is -2.48. The lowest BCUT2D eigenvalue weighted by molar-refractivity contribution is 0.0952. The Hall–Kier alpha value is -2.72. The highest BCUT2D eigenvalue weighted by atomic mass is 16.3. The zero-order chi connectivity index (χ0) is 15.8. The van der Waals surface area contributed by atoms with E-state index in [4.69, 9.17) is 0 Å². The van der Waals surface area contributed by atoms with Gasteiger partial charge in [-0.15, -0.1) is 0 Å². The number of pyridine rings is 1. The van der Waals surface area contributed by atoms with Crippen molar-refractivity contribution in [1.82, 2.24) is 4.98 Å². The Bertz CT molecular complexity index is 886.